The average Bonchev–Trinajstić information content (AvgIpc) is 3.26. The predicted molar refractivity (Wildman–Crippen MR) is 170 cm³/mol. The third-order valence-electron chi connectivity index (χ3n) is 7.98. The van der Waals surface area contributed by atoms with Crippen molar-refractivity contribution in [2.24, 2.45) is 11.3 Å². The van der Waals surface area contributed by atoms with Crippen molar-refractivity contribution in [3.63, 3.8) is 0 Å². The summed E-state index contributed by atoms with van der Waals surface area (Å²) in [6.45, 7) is 18.9. The Hall–Kier alpha value is -3.33. The highest BCUT2D eigenvalue weighted by Gasteiger charge is 2.59. The average molecular weight is 597 g/mol. The minimum atomic E-state index is -0.883. The normalized spacial score (nSPS) is 20.7. The number of carbonyl (C=O) groups excluding carboxylic acids is 2. The first-order valence-electron chi connectivity index (χ1n) is 15.2. The van der Waals surface area contributed by atoms with Gasteiger partial charge < -0.3 is 24.4 Å². The molecule has 9 nitrogen and oxygen atoms in total. The van der Waals surface area contributed by atoms with Gasteiger partial charge in [0.05, 0.1) is 25.9 Å². The lowest BCUT2D eigenvalue weighted by Crippen LogP contribution is -2.49. The van der Waals surface area contributed by atoms with Gasteiger partial charge in [0.1, 0.15) is 17.6 Å². The Labute approximate surface area is 258 Å². The van der Waals surface area contributed by atoms with E-state index in [2.05, 4.69) is 64.0 Å². The number of esters is 1. The summed E-state index contributed by atoms with van der Waals surface area (Å²) in [5.74, 6) is 0.713. The molecule has 0 radical (unpaired) electrons. The number of benzene rings is 1. The number of nitrogens with one attached hydrogen (secondary N) is 1. The van der Waals surface area contributed by atoms with E-state index in [0.29, 0.717) is 12.4 Å². The van der Waals surface area contributed by atoms with E-state index in [9.17, 15) is 9.59 Å². The van der Waals surface area contributed by atoms with Gasteiger partial charge in [-0.25, -0.2) is 14.6 Å². The Balaban J connectivity index is 2.27. The minimum Gasteiger partial charge on any atom is -0.496 e. The van der Waals surface area contributed by atoms with Crippen LogP contribution in [-0.2, 0) is 26.2 Å². The summed E-state index contributed by atoms with van der Waals surface area (Å²) < 4.78 is 17.2. The van der Waals surface area contributed by atoms with E-state index in [1.54, 1.807) is 25.1 Å². The number of nitrogens with zero attached hydrogens (tertiary/aromatic N) is 3. The summed E-state index contributed by atoms with van der Waals surface area (Å²) in [5, 5.41) is 3.80. The number of methoxy groups -OCH3 is 1. The molecule has 0 aliphatic carbocycles. The zero-order valence-electron chi connectivity index (χ0n) is 28.1. The Kier molecular flexibility index (Phi) is 10.8. The standard InChI is InChI=1S/C34H52N4O5/c1-13-42-31(39)29-26(34(7,8)9)27(36-20-22-19-23(33(4,5)6)16-17-25(22)41-12)28(38(29)32(40)43-21(2)3)24-15-14-18-35-30(24)37(10)11/h14-19,21,26-29,36H,13,20H2,1-12H3/t26-,27-,28-,29-/m0/s1. The van der Waals surface area contributed by atoms with Gasteiger partial charge >= 0.3 is 12.1 Å². The number of ether oxygens (including phenoxy) is 3. The van der Waals surface area contributed by atoms with E-state index in [1.165, 1.54) is 5.56 Å². The van der Waals surface area contributed by atoms with Gasteiger partial charge in [-0.1, -0.05) is 59.7 Å². The number of rotatable bonds is 9. The number of anilines is 1. The van der Waals surface area contributed by atoms with Crippen LogP contribution >= 0.6 is 0 Å². The highest BCUT2D eigenvalue weighted by molar-refractivity contribution is 5.84. The molecule has 0 saturated carbocycles. The molecule has 1 N–H and O–H groups in total. The first-order chi connectivity index (χ1) is 20.0. The number of aromatic nitrogens is 1. The van der Waals surface area contributed by atoms with Gasteiger partial charge in [-0.05, 0) is 49.3 Å². The number of hydrogen-bond donors (Lipinski definition) is 1. The first kappa shape index (κ1) is 34.2. The van der Waals surface area contributed by atoms with Crippen molar-refractivity contribution < 1.29 is 23.8 Å². The Bertz CT molecular complexity index is 1260. The second-order valence-corrected chi connectivity index (χ2v) is 13.9. The topological polar surface area (TPSA) is 93.2 Å². The third-order valence-corrected chi connectivity index (χ3v) is 7.98. The molecule has 43 heavy (non-hydrogen) atoms. The van der Waals surface area contributed by atoms with Crippen molar-refractivity contribution in [1.29, 1.82) is 0 Å². The molecular formula is C34H52N4O5. The summed E-state index contributed by atoms with van der Waals surface area (Å²) in [6, 6.07) is 8.29. The van der Waals surface area contributed by atoms with E-state index in [1.807, 2.05) is 51.0 Å². The molecule has 4 atom stereocenters. The zero-order chi connectivity index (χ0) is 32.3. The monoisotopic (exact) mass is 596 g/mol. The molecule has 0 unspecified atom stereocenters. The maximum Gasteiger partial charge on any atom is 0.411 e. The molecule has 1 aromatic carbocycles. The second kappa shape index (κ2) is 13.5. The molecule has 238 valence electrons. The van der Waals surface area contributed by atoms with Crippen LogP contribution in [-0.4, -0.2) is 67.9 Å². The van der Waals surface area contributed by atoms with Gasteiger partial charge in [-0.3, -0.25) is 4.90 Å². The van der Waals surface area contributed by atoms with Crippen LogP contribution in [0.2, 0.25) is 0 Å². The summed E-state index contributed by atoms with van der Waals surface area (Å²) in [7, 11) is 5.52. The van der Waals surface area contributed by atoms with Crippen LogP contribution in [0.5, 0.6) is 5.75 Å². The molecular weight excluding hydrogens is 544 g/mol. The molecule has 1 fully saturated rings. The van der Waals surface area contributed by atoms with Gasteiger partial charge in [0, 0.05) is 49.9 Å². The van der Waals surface area contributed by atoms with Crippen molar-refractivity contribution >= 4 is 17.9 Å². The van der Waals surface area contributed by atoms with Crippen molar-refractivity contribution in [2.45, 2.75) is 98.5 Å². The zero-order valence-corrected chi connectivity index (χ0v) is 28.1. The Morgan fingerprint density at radius 1 is 1.09 bits per heavy atom. The lowest BCUT2D eigenvalue weighted by molar-refractivity contribution is -0.151. The molecule has 1 saturated heterocycles. The number of amides is 1. The largest absolute Gasteiger partial charge is 0.496 e. The van der Waals surface area contributed by atoms with Crippen molar-refractivity contribution in [2.75, 3.05) is 32.7 Å². The first-order valence-corrected chi connectivity index (χ1v) is 15.2. The summed E-state index contributed by atoms with van der Waals surface area (Å²) in [5.41, 5.74) is 2.55. The number of carbonyl (C=O) groups is 2. The smallest absolute Gasteiger partial charge is 0.411 e. The minimum absolute atomic E-state index is 0.0480. The SMILES string of the molecule is CCOC(=O)[C@@H]1[C@@H](C(C)(C)C)[C@H](NCc2cc(C(C)(C)C)ccc2OC)[C@H](c2cccnc2N(C)C)N1C(=O)OC(C)C. The number of likely N-dealkylation sites (tertiary alicyclic amines) is 1. The lowest BCUT2D eigenvalue weighted by Gasteiger charge is -2.36. The van der Waals surface area contributed by atoms with Gasteiger partial charge in [-0.2, -0.15) is 0 Å². The summed E-state index contributed by atoms with van der Waals surface area (Å²) >= 11 is 0. The van der Waals surface area contributed by atoms with E-state index in [4.69, 9.17) is 14.2 Å². The molecule has 0 spiro atoms. The highest BCUT2D eigenvalue weighted by atomic mass is 16.6. The van der Waals surface area contributed by atoms with E-state index < -0.39 is 29.6 Å². The van der Waals surface area contributed by atoms with Gasteiger partial charge in [0.25, 0.3) is 0 Å². The fourth-order valence-corrected chi connectivity index (χ4v) is 6.11. The van der Waals surface area contributed by atoms with Crippen molar-refractivity contribution in [3.8, 4) is 5.75 Å². The number of pyridine rings is 1. The van der Waals surface area contributed by atoms with E-state index >= 15 is 0 Å². The maximum absolute atomic E-state index is 14.0. The predicted octanol–water partition coefficient (Wildman–Crippen LogP) is 6.11. The van der Waals surface area contributed by atoms with Crippen LogP contribution in [0.3, 0.4) is 0 Å². The molecule has 9 heteroatoms. The summed E-state index contributed by atoms with van der Waals surface area (Å²) in [6.07, 6.45) is 0.806. The van der Waals surface area contributed by atoms with Crippen LogP contribution < -0.4 is 15.0 Å². The fourth-order valence-electron chi connectivity index (χ4n) is 6.11. The van der Waals surface area contributed by atoms with E-state index in [-0.39, 0.29) is 30.1 Å². The Morgan fingerprint density at radius 3 is 2.30 bits per heavy atom. The molecule has 1 aliphatic rings. The van der Waals surface area contributed by atoms with Crippen molar-refractivity contribution in [3.05, 3.63) is 53.2 Å². The fraction of sp³-hybridized carbons (Fsp3) is 0.618. The van der Waals surface area contributed by atoms with Gasteiger partial charge in [-0.15, -0.1) is 0 Å². The van der Waals surface area contributed by atoms with Crippen LogP contribution in [0.15, 0.2) is 36.5 Å². The van der Waals surface area contributed by atoms with Crippen molar-refractivity contribution in [1.82, 2.24) is 15.2 Å². The molecule has 0 bridgehead atoms. The van der Waals surface area contributed by atoms with Crippen LogP contribution in [0.25, 0.3) is 0 Å². The van der Waals surface area contributed by atoms with Gasteiger partial charge in [0.2, 0.25) is 0 Å². The maximum atomic E-state index is 14.0. The van der Waals surface area contributed by atoms with Gasteiger partial charge in [0.15, 0.2) is 0 Å². The Morgan fingerprint density at radius 2 is 1.77 bits per heavy atom. The molecule has 3 rings (SSSR count). The third kappa shape index (κ3) is 7.61. The molecule has 2 aromatic rings. The van der Waals surface area contributed by atoms with Crippen LogP contribution in [0.1, 0.15) is 85.0 Å². The second-order valence-electron chi connectivity index (χ2n) is 13.9. The highest BCUT2D eigenvalue weighted by Crippen LogP contribution is 2.50. The number of hydrogen-bond acceptors (Lipinski definition) is 8. The van der Waals surface area contributed by atoms with Crippen LogP contribution in [0, 0.1) is 11.3 Å². The van der Waals surface area contributed by atoms with E-state index in [0.717, 1.165) is 16.9 Å². The molecule has 1 amide bonds. The van der Waals surface area contributed by atoms with Crippen LogP contribution in [0.4, 0.5) is 10.6 Å². The molecule has 1 aromatic heterocycles. The lowest BCUT2D eigenvalue weighted by atomic mass is 9.72. The molecule has 2 heterocycles. The molecule has 1 aliphatic heterocycles. The summed E-state index contributed by atoms with van der Waals surface area (Å²) in [4.78, 5) is 36.0. The quantitative estimate of drug-likeness (QED) is 0.347.